The molecule has 0 radical (unpaired) electrons. The molecule has 1 aliphatic heterocycles. The Balaban J connectivity index is 2.34. The molecule has 1 N–H and O–H groups in total. The van der Waals surface area contributed by atoms with Crippen LogP contribution >= 0.6 is 0 Å². The van der Waals surface area contributed by atoms with Crippen molar-refractivity contribution in [1.82, 2.24) is 10.3 Å². The van der Waals surface area contributed by atoms with E-state index in [9.17, 15) is 14.0 Å². The fraction of sp³-hybridized carbons (Fsp3) is 0.364. The van der Waals surface area contributed by atoms with Crippen molar-refractivity contribution in [3.05, 3.63) is 24.3 Å². The monoisotopic (exact) mass is 237 g/mol. The standard InChI is InChI=1S/C11H12FN3O2/c1-2-8-11(17)14-10(16)6-15(8)7-3-4-13-9(12)5-7/h3-5,8H,2,6H2,1H3,(H,14,16,17). The minimum Gasteiger partial charge on any atom is -0.350 e. The van der Waals surface area contributed by atoms with Crippen molar-refractivity contribution in [2.45, 2.75) is 19.4 Å². The van der Waals surface area contributed by atoms with Gasteiger partial charge in [-0.05, 0) is 12.5 Å². The number of amides is 2. The first-order valence-corrected chi connectivity index (χ1v) is 5.33. The number of hydrogen-bond donors (Lipinski definition) is 1. The highest BCUT2D eigenvalue weighted by atomic mass is 19.1. The molecule has 17 heavy (non-hydrogen) atoms. The molecule has 1 aliphatic rings. The number of aromatic nitrogens is 1. The molecule has 6 heteroatoms. The number of nitrogens with one attached hydrogen (secondary N) is 1. The highest BCUT2D eigenvalue weighted by molar-refractivity contribution is 6.04. The van der Waals surface area contributed by atoms with Gasteiger partial charge in [0.05, 0.1) is 6.54 Å². The Morgan fingerprint density at radius 1 is 1.59 bits per heavy atom. The van der Waals surface area contributed by atoms with Crippen LogP contribution < -0.4 is 10.2 Å². The number of pyridine rings is 1. The molecule has 0 aliphatic carbocycles. The van der Waals surface area contributed by atoms with Gasteiger partial charge in [-0.15, -0.1) is 0 Å². The minimum atomic E-state index is -0.629. The molecule has 1 atom stereocenters. The Morgan fingerprint density at radius 2 is 2.35 bits per heavy atom. The van der Waals surface area contributed by atoms with Crippen LogP contribution in [-0.4, -0.2) is 29.4 Å². The number of nitrogens with zero attached hydrogens (tertiary/aromatic N) is 2. The van der Waals surface area contributed by atoms with Crippen LogP contribution in [0.15, 0.2) is 18.3 Å². The highest BCUT2D eigenvalue weighted by Gasteiger charge is 2.32. The zero-order chi connectivity index (χ0) is 12.4. The van der Waals surface area contributed by atoms with Crippen LogP contribution in [-0.2, 0) is 9.59 Å². The molecular weight excluding hydrogens is 225 g/mol. The number of halogens is 1. The third-order valence-corrected chi connectivity index (χ3v) is 2.68. The average molecular weight is 237 g/mol. The summed E-state index contributed by atoms with van der Waals surface area (Å²) >= 11 is 0. The smallest absolute Gasteiger partial charge is 0.249 e. The largest absolute Gasteiger partial charge is 0.350 e. The van der Waals surface area contributed by atoms with Gasteiger partial charge >= 0.3 is 0 Å². The van der Waals surface area contributed by atoms with Crippen molar-refractivity contribution in [2.75, 3.05) is 11.4 Å². The molecule has 2 rings (SSSR count). The molecule has 0 spiro atoms. The second-order valence-electron chi connectivity index (χ2n) is 3.80. The lowest BCUT2D eigenvalue weighted by molar-refractivity contribution is -0.132. The molecule has 2 heterocycles. The SMILES string of the molecule is CCC1C(=O)NC(=O)CN1c1ccnc(F)c1. The van der Waals surface area contributed by atoms with Gasteiger partial charge in [0, 0.05) is 18.0 Å². The van der Waals surface area contributed by atoms with Crippen LogP contribution in [0, 0.1) is 5.95 Å². The first-order valence-electron chi connectivity index (χ1n) is 5.33. The maximum atomic E-state index is 13.0. The molecule has 2 amide bonds. The summed E-state index contributed by atoms with van der Waals surface area (Å²) in [6.45, 7) is 1.89. The van der Waals surface area contributed by atoms with E-state index in [-0.39, 0.29) is 18.4 Å². The minimum absolute atomic E-state index is 0.0493. The first kappa shape index (κ1) is 11.5. The molecule has 5 nitrogen and oxygen atoms in total. The third kappa shape index (κ3) is 2.25. The van der Waals surface area contributed by atoms with E-state index in [0.29, 0.717) is 12.1 Å². The number of rotatable bonds is 2. The summed E-state index contributed by atoms with van der Waals surface area (Å²) in [6, 6.07) is 2.35. The summed E-state index contributed by atoms with van der Waals surface area (Å²) in [5, 5.41) is 2.27. The number of anilines is 1. The van der Waals surface area contributed by atoms with Gasteiger partial charge < -0.3 is 4.90 Å². The normalized spacial score (nSPS) is 20.4. The number of piperazine rings is 1. The number of carbonyl (C=O) groups is 2. The molecule has 0 bridgehead atoms. The van der Waals surface area contributed by atoms with Gasteiger partial charge in [0.25, 0.3) is 0 Å². The van der Waals surface area contributed by atoms with Crippen LogP contribution in [0.3, 0.4) is 0 Å². The van der Waals surface area contributed by atoms with E-state index in [1.165, 1.54) is 12.3 Å². The Labute approximate surface area is 97.6 Å². The molecule has 0 saturated carbocycles. The van der Waals surface area contributed by atoms with E-state index in [0.717, 1.165) is 0 Å². The quantitative estimate of drug-likeness (QED) is 0.599. The summed E-state index contributed by atoms with van der Waals surface area (Å²) in [5.74, 6) is -1.35. The first-order chi connectivity index (χ1) is 8.11. The van der Waals surface area contributed by atoms with Crippen molar-refractivity contribution in [3.63, 3.8) is 0 Å². The lowest BCUT2D eigenvalue weighted by atomic mass is 10.1. The van der Waals surface area contributed by atoms with E-state index in [1.807, 2.05) is 6.92 Å². The fourth-order valence-corrected chi connectivity index (χ4v) is 1.91. The molecule has 1 fully saturated rings. The van der Waals surface area contributed by atoms with Crippen LogP contribution in [0.2, 0.25) is 0 Å². The van der Waals surface area contributed by atoms with E-state index in [1.54, 1.807) is 11.0 Å². The van der Waals surface area contributed by atoms with Crippen molar-refractivity contribution in [2.24, 2.45) is 0 Å². The lowest BCUT2D eigenvalue weighted by Crippen LogP contribution is -2.58. The van der Waals surface area contributed by atoms with E-state index < -0.39 is 12.0 Å². The van der Waals surface area contributed by atoms with Crippen molar-refractivity contribution in [1.29, 1.82) is 0 Å². The van der Waals surface area contributed by atoms with Gasteiger partial charge in [-0.3, -0.25) is 14.9 Å². The molecule has 1 aromatic heterocycles. The second-order valence-corrected chi connectivity index (χ2v) is 3.80. The van der Waals surface area contributed by atoms with Crippen molar-refractivity contribution >= 4 is 17.5 Å². The van der Waals surface area contributed by atoms with E-state index in [4.69, 9.17) is 0 Å². The van der Waals surface area contributed by atoms with Gasteiger partial charge in [-0.1, -0.05) is 6.92 Å². The Morgan fingerprint density at radius 3 is 3.00 bits per heavy atom. The van der Waals surface area contributed by atoms with Gasteiger partial charge in [-0.25, -0.2) is 4.98 Å². The van der Waals surface area contributed by atoms with Gasteiger partial charge in [-0.2, -0.15) is 4.39 Å². The second kappa shape index (κ2) is 4.48. The van der Waals surface area contributed by atoms with Crippen LogP contribution in [0.4, 0.5) is 10.1 Å². The number of imide groups is 1. The lowest BCUT2D eigenvalue weighted by Gasteiger charge is -2.35. The number of hydrogen-bond acceptors (Lipinski definition) is 4. The van der Waals surface area contributed by atoms with Crippen LogP contribution in [0.25, 0.3) is 0 Å². The molecule has 90 valence electrons. The van der Waals surface area contributed by atoms with Gasteiger partial charge in [0.2, 0.25) is 17.8 Å². The summed E-state index contributed by atoms with van der Waals surface area (Å²) < 4.78 is 13.0. The van der Waals surface area contributed by atoms with Crippen LogP contribution in [0.1, 0.15) is 13.3 Å². The fourth-order valence-electron chi connectivity index (χ4n) is 1.91. The highest BCUT2D eigenvalue weighted by Crippen LogP contribution is 2.20. The Bertz CT molecular complexity index is 464. The predicted molar refractivity (Wildman–Crippen MR) is 58.8 cm³/mol. The summed E-state index contributed by atoms with van der Waals surface area (Å²) in [6.07, 6.45) is 1.86. The maximum Gasteiger partial charge on any atom is 0.249 e. The van der Waals surface area contributed by atoms with Gasteiger partial charge in [0.15, 0.2) is 0 Å². The van der Waals surface area contributed by atoms with E-state index in [2.05, 4.69) is 10.3 Å². The Kier molecular flexibility index (Phi) is 3.03. The van der Waals surface area contributed by atoms with Gasteiger partial charge in [0.1, 0.15) is 6.04 Å². The molecular formula is C11H12FN3O2. The maximum absolute atomic E-state index is 13.0. The summed E-state index contributed by atoms with van der Waals surface area (Å²) in [5.41, 5.74) is 0.493. The van der Waals surface area contributed by atoms with Crippen LogP contribution in [0.5, 0.6) is 0 Å². The number of carbonyl (C=O) groups excluding carboxylic acids is 2. The van der Waals surface area contributed by atoms with E-state index >= 15 is 0 Å². The molecule has 1 aromatic rings. The summed E-state index contributed by atoms with van der Waals surface area (Å²) in [4.78, 5) is 28.0. The topological polar surface area (TPSA) is 62.3 Å². The zero-order valence-electron chi connectivity index (χ0n) is 9.31. The van der Waals surface area contributed by atoms with Crippen molar-refractivity contribution < 1.29 is 14.0 Å². The Hall–Kier alpha value is -1.98. The van der Waals surface area contributed by atoms with Crippen molar-refractivity contribution in [3.8, 4) is 0 Å². The predicted octanol–water partition coefficient (Wildman–Crippen LogP) is 0.462. The summed E-state index contributed by atoms with van der Waals surface area (Å²) in [7, 11) is 0. The molecule has 1 unspecified atom stereocenters. The molecule has 1 saturated heterocycles. The average Bonchev–Trinajstić information content (AvgIpc) is 2.28. The zero-order valence-corrected chi connectivity index (χ0v) is 9.31. The molecule has 0 aromatic carbocycles. The third-order valence-electron chi connectivity index (χ3n) is 2.68.